The first-order chi connectivity index (χ1) is 9.50. The number of aromatic nitrogens is 1. The molecule has 0 spiro atoms. The van der Waals surface area contributed by atoms with Crippen LogP contribution in [-0.4, -0.2) is 15.6 Å². The summed E-state index contributed by atoms with van der Waals surface area (Å²) in [4.78, 5) is 23.5. The lowest BCUT2D eigenvalue weighted by Crippen LogP contribution is -2.26. The largest absolute Gasteiger partial charge is 0.503 e. The fourth-order valence-corrected chi connectivity index (χ4v) is 1.93. The number of rotatable bonds is 3. The maximum absolute atomic E-state index is 11.9. The van der Waals surface area contributed by atoms with Crippen LogP contribution in [0.4, 0.5) is 0 Å². The number of aromatic hydroxyl groups is 1. The highest BCUT2D eigenvalue weighted by atomic mass is 16.3. The minimum Gasteiger partial charge on any atom is -0.503 e. The Bertz CT molecular complexity index is 690. The fraction of sp³-hybridized carbons (Fsp3) is 0.200. The normalized spacial score (nSPS) is 10.3. The van der Waals surface area contributed by atoms with E-state index in [9.17, 15) is 14.7 Å². The highest BCUT2D eigenvalue weighted by Gasteiger charge is 2.12. The standard InChI is InChI=1S/C15H16N2O3/c1-10-8-13(18)14(19)12(17(10)2)9-16-15(20)11-6-4-3-5-7-11/h3-8,19H,9H2,1-2H3,(H,16,20). The molecule has 1 amide bonds. The summed E-state index contributed by atoms with van der Waals surface area (Å²) in [6.45, 7) is 1.86. The number of hydrogen-bond donors (Lipinski definition) is 2. The van der Waals surface area contributed by atoms with Crippen molar-refractivity contribution in [1.82, 2.24) is 9.88 Å². The number of nitrogens with zero attached hydrogens (tertiary/aromatic N) is 1. The summed E-state index contributed by atoms with van der Waals surface area (Å²) < 4.78 is 1.68. The first-order valence-electron chi connectivity index (χ1n) is 6.22. The first kappa shape index (κ1) is 13.9. The number of pyridine rings is 1. The molecule has 2 N–H and O–H groups in total. The Kier molecular flexibility index (Phi) is 3.89. The molecule has 0 bridgehead atoms. The number of aryl methyl sites for hydroxylation is 1. The Labute approximate surface area is 116 Å². The molecule has 1 heterocycles. The van der Waals surface area contributed by atoms with Crippen LogP contribution < -0.4 is 10.7 Å². The molecule has 0 aliphatic rings. The van der Waals surface area contributed by atoms with Crippen LogP contribution in [0.5, 0.6) is 5.75 Å². The second-order valence-corrected chi connectivity index (χ2v) is 4.55. The van der Waals surface area contributed by atoms with Crippen LogP contribution in [0, 0.1) is 6.92 Å². The van der Waals surface area contributed by atoms with E-state index >= 15 is 0 Å². The lowest BCUT2D eigenvalue weighted by atomic mass is 10.2. The maximum Gasteiger partial charge on any atom is 0.251 e. The molecule has 20 heavy (non-hydrogen) atoms. The van der Waals surface area contributed by atoms with Gasteiger partial charge in [-0.3, -0.25) is 9.59 Å². The topological polar surface area (TPSA) is 71.3 Å². The molecule has 1 aromatic heterocycles. The Morgan fingerprint density at radius 2 is 1.95 bits per heavy atom. The average molecular weight is 272 g/mol. The van der Waals surface area contributed by atoms with E-state index in [-0.39, 0.29) is 18.2 Å². The van der Waals surface area contributed by atoms with Gasteiger partial charge in [-0.15, -0.1) is 0 Å². The zero-order valence-electron chi connectivity index (χ0n) is 11.4. The Morgan fingerprint density at radius 1 is 1.30 bits per heavy atom. The zero-order valence-corrected chi connectivity index (χ0v) is 11.4. The van der Waals surface area contributed by atoms with Crippen molar-refractivity contribution >= 4 is 5.91 Å². The second kappa shape index (κ2) is 5.61. The molecule has 2 aromatic rings. The van der Waals surface area contributed by atoms with Crippen LogP contribution in [0.2, 0.25) is 0 Å². The van der Waals surface area contributed by atoms with Crippen LogP contribution in [0.3, 0.4) is 0 Å². The van der Waals surface area contributed by atoms with Crippen molar-refractivity contribution in [3.8, 4) is 5.75 Å². The minimum absolute atomic E-state index is 0.0903. The summed E-state index contributed by atoms with van der Waals surface area (Å²) in [5.74, 6) is -0.578. The van der Waals surface area contributed by atoms with Gasteiger partial charge in [0, 0.05) is 24.4 Å². The van der Waals surface area contributed by atoms with Crippen molar-refractivity contribution in [2.24, 2.45) is 7.05 Å². The number of nitrogens with one attached hydrogen (secondary N) is 1. The van der Waals surface area contributed by atoms with Gasteiger partial charge in [0.1, 0.15) is 0 Å². The van der Waals surface area contributed by atoms with Crippen LogP contribution >= 0.6 is 0 Å². The highest BCUT2D eigenvalue weighted by molar-refractivity contribution is 5.94. The molecule has 1 aromatic carbocycles. The van der Waals surface area contributed by atoms with E-state index in [4.69, 9.17) is 0 Å². The smallest absolute Gasteiger partial charge is 0.251 e. The summed E-state index contributed by atoms with van der Waals surface area (Å²) in [7, 11) is 1.73. The molecule has 0 unspecified atom stereocenters. The highest BCUT2D eigenvalue weighted by Crippen LogP contribution is 2.12. The zero-order chi connectivity index (χ0) is 14.7. The molecule has 0 aliphatic heterocycles. The van der Waals surface area contributed by atoms with Gasteiger partial charge in [-0.05, 0) is 19.1 Å². The molecule has 0 radical (unpaired) electrons. The third kappa shape index (κ3) is 2.71. The van der Waals surface area contributed by atoms with E-state index in [1.54, 1.807) is 42.8 Å². The molecule has 0 atom stereocenters. The molecule has 5 heteroatoms. The van der Waals surface area contributed by atoms with E-state index < -0.39 is 5.43 Å². The second-order valence-electron chi connectivity index (χ2n) is 4.55. The molecule has 0 saturated heterocycles. The van der Waals surface area contributed by atoms with Gasteiger partial charge in [0.2, 0.25) is 5.43 Å². The summed E-state index contributed by atoms with van der Waals surface area (Å²) in [6.07, 6.45) is 0. The third-order valence-corrected chi connectivity index (χ3v) is 3.23. The molecule has 104 valence electrons. The van der Waals surface area contributed by atoms with Gasteiger partial charge in [0.25, 0.3) is 5.91 Å². The molecule has 0 aliphatic carbocycles. The molecule has 5 nitrogen and oxygen atoms in total. The van der Waals surface area contributed by atoms with Crippen LogP contribution in [0.25, 0.3) is 0 Å². The summed E-state index contributed by atoms with van der Waals surface area (Å²) in [6, 6.07) is 10.1. The molecular weight excluding hydrogens is 256 g/mol. The first-order valence-corrected chi connectivity index (χ1v) is 6.22. The Balaban J connectivity index is 2.20. The van der Waals surface area contributed by atoms with Gasteiger partial charge < -0.3 is 15.0 Å². The van der Waals surface area contributed by atoms with Gasteiger partial charge in [0.15, 0.2) is 5.75 Å². The van der Waals surface area contributed by atoms with E-state index in [1.165, 1.54) is 6.07 Å². The SMILES string of the molecule is Cc1cc(=O)c(O)c(CNC(=O)c2ccccc2)n1C. The van der Waals surface area contributed by atoms with Crippen LogP contribution in [0.1, 0.15) is 21.7 Å². The van der Waals surface area contributed by atoms with Crippen LogP contribution in [-0.2, 0) is 13.6 Å². The number of hydrogen-bond acceptors (Lipinski definition) is 3. The predicted octanol–water partition coefficient (Wildman–Crippen LogP) is 1.33. The van der Waals surface area contributed by atoms with Crippen LogP contribution in [0.15, 0.2) is 41.2 Å². The summed E-state index contributed by atoms with van der Waals surface area (Å²) in [5, 5.41) is 12.5. The van der Waals surface area contributed by atoms with Gasteiger partial charge in [-0.2, -0.15) is 0 Å². The number of benzene rings is 1. The van der Waals surface area contributed by atoms with Crippen molar-refractivity contribution in [3.63, 3.8) is 0 Å². The number of carbonyl (C=O) groups is 1. The molecule has 0 fully saturated rings. The van der Waals surface area contributed by atoms with Crippen molar-refractivity contribution in [3.05, 3.63) is 63.6 Å². The Morgan fingerprint density at radius 3 is 2.60 bits per heavy atom. The predicted molar refractivity (Wildman–Crippen MR) is 75.7 cm³/mol. The van der Waals surface area contributed by atoms with Crippen molar-refractivity contribution < 1.29 is 9.90 Å². The van der Waals surface area contributed by atoms with Gasteiger partial charge in [0.05, 0.1) is 12.2 Å². The van der Waals surface area contributed by atoms with E-state index in [1.807, 2.05) is 6.07 Å². The maximum atomic E-state index is 11.9. The van der Waals surface area contributed by atoms with Crippen molar-refractivity contribution in [1.29, 1.82) is 0 Å². The monoisotopic (exact) mass is 272 g/mol. The lowest BCUT2D eigenvalue weighted by Gasteiger charge is -2.14. The van der Waals surface area contributed by atoms with E-state index in [2.05, 4.69) is 5.32 Å². The quantitative estimate of drug-likeness (QED) is 0.885. The number of carbonyl (C=O) groups excluding carboxylic acids is 1. The molecular formula is C15H16N2O3. The van der Waals surface area contributed by atoms with Crippen molar-refractivity contribution in [2.75, 3.05) is 0 Å². The number of amides is 1. The van der Waals surface area contributed by atoms with Gasteiger partial charge in [-0.1, -0.05) is 18.2 Å². The fourth-order valence-electron chi connectivity index (χ4n) is 1.93. The lowest BCUT2D eigenvalue weighted by molar-refractivity contribution is 0.0950. The van der Waals surface area contributed by atoms with Crippen molar-refractivity contribution in [2.45, 2.75) is 13.5 Å². The van der Waals surface area contributed by atoms with Gasteiger partial charge >= 0.3 is 0 Å². The summed E-state index contributed by atoms with van der Waals surface area (Å²) >= 11 is 0. The summed E-state index contributed by atoms with van der Waals surface area (Å²) in [5.41, 5.74) is 1.20. The Hall–Kier alpha value is -2.56. The third-order valence-electron chi connectivity index (χ3n) is 3.23. The van der Waals surface area contributed by atoms with E-state index in [0.29, 0.717) is 11.3 Å². The van der Waals surface area contributed by atoms with Gasteiger partial charge in [-0.25, -0.2) is 0 Å². The average Bonchev–Trinajstić information content (AvgIpc) is 2.46. The molecule has 2 rings (SSSR count). The van der Waals surface area contributed by atoms with E-state index in [0.717, 1.165) is 5.69 Å². The minimum atomic E-state index is -0.440. The molecule has 0 saturated carbocycles.